The average Bonchev–Trinajstić information content (AvgIpc) is 3.30. The summed E-state index contributed by atoms with van der Waals surface area (Å²) in [6.45, 7) is 2.81. The number of aryl methyl sites for hydroxylation is 1. The summed E-state index contributed by atoms with van der Waals surface area (Å²) in [6, 6.07) is 18.0. The number of hydrogen-bond acceptors (Lipinski definition) is 6. The number of carbonyl (C=O) groups excluding carboxylic acids is 2. The largest absolute Gasteiger partial charge is 0.492 e. The van der Waals surface area contributed by atoms with Gasteiger partial charge in [-0.15, -0.1) is 0 Å². The molecule has 0 saturated carbocycles. The van der Waals surface area contributed by atoms with Crippen molar-refractivity contribution >= 4 is 23.2 Å². The lowest BCUT2D eigenvalue weighted by Gasteiger charge is -2.29. The Labute approximate surface area is 190 Å². The fraction of sp³-hybridized carbons (Fsp3) is 0.200. The van der Waals surface area contributed by atoms with E-state index in [4.69, 9.17) is 18.9 Å². The van der Waals surface area contributed by atoms with Gasteiger partial charge < -0.3 is 29.2 Å². The standard InChI is InChI=1S/C25H22N2O6/c1-16-2-6-19(7-3-16)30-11-10-27-20-8-5-18(13-22(20)31-14-24(27)28)26-25(29)17-4-9-21-23(12-17)33-15-32-21/h2-9,12-13H,10-11,14-15H2,1H3,(H,26,29). The lowest BCUT2D eigenvalue weighted by molar-refractivity contribution is -0.121. The van der Waals surface area contributed by atoms with Gasteiger partial charge in [0.1, 0.15) is 18.1 Å². The van der Waals surface area contributed by atoms with Crippen LogP contribution in [0.15, 0.2) is 60.7 Å². The third-order valence-corrected chi connectivity index (χ3v) is 5.40. The van der Waals surface area contributed by atoms with E-state index in [1.165, 1.54) is 0 Å². The van der Waals surface area contributed by atoms with Crippen LogP contribution in [0.5, 0.6) is 23.0 Å². The van der Waals surface area contributed by atoms with Crippen LogP contribution >= 0.6 is 0 Å². The number of anilines is 2. The molecule has 33 heavy (non-hydrogen) atoms. The summed E-state index contributed by atoms with van der Waals surface area (Å²) in [5.74, 6) is 2.00. The predicted octanol–water partition coefficient (Wildman–Crippen LogP) is 3.78. The van der Waals surface area contributed by atoms with E-state index in [-0.39, 0.29) is 25.2 Å². The van der Waals surface area contributed by atoms with Gasteiger partial charge in [0.05, 0.1) is 12.2 Å². The van der Waals surface area contributed by atoms with E-state index in [9.17, 15) is 9.59 Å². The molecule has 0 unspecified atom stereocenters. The van der Waals surface area contributed by atoms with Gasteiger partial charge in [-0.2, -0.15) is 0 Å². The van der Waals surface area contributed by atoms with Crippen LogP contribution < -0.4 is 29.2 Å². The van der Waals surface area contributed by atoms with Gasteiger partial charge in [0.2, 0.25) is 6.79 Å². The molecular formula is C25H22N2O6. The van der Waals surface area contributed by atoms with Gasteiger partial charge in [-0.3, -0.25) is 9.59 Å². The second-order valence-corrected chi connectivity index (χ2v) is 7.70. The Balaban J connectivity index is 1.26. The molecule has 0 saturated heterocycles. The molecule has 8 nitrogen and oxygen atoms in total. The first-order chi connectivity index (χ1) is 16.1. The van der Waals surface area contributed by atoms with Crippen molar-refractivity contribution in [2.75, 3.05) is 36.8 Å². The van der Waals surface area contributed by atoms with Crippen LogP contribution in [0.3, 0.4) is 0 Å². The monoisotopic (exact) mass is 446 g/mol. The van der Waals surface area contributed by atoms with Crippen molar-refractivity contribution in [1.29, 1.82) is 0 Å². The Morgan fingerprint density at radius 3 is 2.64 bits per heavy atom. The molecule has 0 spiro atoms. The minimum atomic E-state index is -0.288. The maximum absolute atomic E-state index is 12.7. The number of nitrogens with zero attached hydrogens (tertiary/aromatic N) is 1. The number of amides is 2. The summed E-state index contributed by atoms with van der Waals surface area (Å²) in [5.41, 5.74) is 2.80. The smallest absolute Gasteiger partial charge is 0.265 e. The fourth-order valence-corrected chi connectivity index (χ4v) is 3.66. The summed E-state index contributed by atoms with van der Waals surface area (Å²) >= 11 is 0. The SMILES string of the molecule is Cc1ccc(OCCN2C(=O)COc3cc(NC(=O)c4ccc5c(c4)OCO5)ccc32)cc1. The number of carbonyl (C=O) groups is 2. The van der Waals surface area contributed by atoms with E-state index in [1.807, 2.05) is 31.2 Å². The van der Waals surface area contributed by atoms with Crippen LogP contribution in [-0.4, -0.2) is 38.4 Å². The molecule has 8 heteroatoms. The van der Waals surface area contributed by atoms with E-state index in [2.05, 4.69) is 5.32 Å². The summed E-state index contributed by atoms with van der Waals surface area (Å²) in [6.07, 6.45) is 0. The molecule has 0 bridgehead atoms. The quantitative estimate of drug-likeness (QED) is 0.620. The predicted molar refractivity (Wildman–Crippen MR) is 121 cm³/mol. The van der Waals surface area contributed by atoms with Crippen LogP contribution in [0, 0.1) is 6.92 Å². The zero-order chi connectivity index (χ0) is 22.8. The molecule has 2 amide bonds. The Morgan fingerprint density at radius 2 is 1.79 bits per heavy atom. The molecule has 0 aromatic heterocycles. The summed E-state index contributed by atoms with van der Waals surface area (Å²) in [7, 11) is 0. The first-order valence-electron chi connectivity index (χ1n) is 10.5. The zero-order valence-corrected chi connectivity index (χ0v) is 18.0. The number of benzene rings is 3. The molecule has 0 atom stereocenters. The second kappa shape index (κ2) is 8.74. The maximum atomic E-state index is 12.7. The molecule has 3 aromatic carbocycles. The van der Waals surface area contributed by atoms with Gasteiger partial charge >= 0.3 is 0 Å². The molecule has 2 aliphatic heterocycles. The first kappa shape index (κ1) is 20.7. The van der Waals surface area contributed by atoms with Crippen LogP contribution in [0.1, 0.15) is 15.9 Å². The molecule has 0 fully saturated rings. The van der Waals surface area contributed by atoms with Crippen molar-refractivity contribution in [1.82, 2.24) is 0 Å². The summed E-state index contributed by atoms with van der Waals surface area (Å²) in [5, 5.41) is 2.85. The van der Waals surface area contributed by atoms with Crippen molar-refractivity contribution < 1.29 is 28.5 Å². The minimum absolute atomic E-state index is 0.0723. The zero-order valence-electron chi connectivity index (χ0n) is 18.0. The molecule has 0 aliphatic carbocycles. The number of rotatable bonds is 6. The van der Waals surface area contributed by atoms with Gasteiger partial charge in [0.15, 0.2) is 18.1 Å². The summed E-state index contributed by atoms with van der Waals surface area (Å²) < 4.78 is 22.0. The Hall–Kier alpha value is -4.20. The number of ether oxygens (including phenoxy) is 4. The van der Waals surface area contributed by atoms with E-state index in [0.717, 1.165) is 11.3 Å². The van der Waals surface area contributed by atoms with Crippen molar-refractivity contribution in [2.45, 2.75) is 6.92 Å². The van der Waals surface area contributed by atoms with Crippen LogP contribution in [-0.2, 0) is 4.79 Å². The van der Waals surface area contributed by atoms with Gasteiger partial charge in [-0.25, -0.2) is 0 Å². The van der Waals surface area contributed by atoms with Crippen LogP contribution in [0.2, 0.25) is 0 Å². The Bertz CT molecular complexity index is 1210. The van der Waals surface area contributed by atoms with Gasteiger partial charge in [0.25, 0.3) is 11.8 Å². The highest BCUT2D eigenvalue weighted by atomic mass is 16.7. The molecule has 1 N–H and O–H groups in total. The van der Waals surface area contributed by atoms with Crippen molar-refractivity contribution in [3.63, 3.8) is 0 Å². The molecule has 3 aromatic rings. The molecular weight excluding hydrogens is 424 g/mol. The maximum Gasteiger partial charge on any atom is 0.265 e. The highest BCUT2D eigenvalue weighted by molar-refractivity contribution is 6.05. The Morgan fingerprint density at radius 1 is 0.970 bits per heavy atom. The van der Waals surface area contributed by atoms with E-state index in [0.29, 0.717) is 47.3 Å². The summed E-state index contributed by atoms with van der Waals surface area (Å²) in [4.78, 5) is 26.7. The Kier molecular flexibility index (Phi) is 5.48. The van der Waals surface area contributed by atoms with Gasteiger partial charge in [-0.05, 0) is 49.4 Å². The molecule has 0 radical (unpaired) electrons. The van der Waals surface area contributed by atoms with Crippen LogP contribution in [0.25, 0.3) is 0 Å². The third-order valence-electron chi connectivity index (χ3n) is 5.40. The van der Waals surface area contributed by atoms with Crippen molar-refractivity contribution in [3.05, 3.63) is 71.8 Å². The lowest BCUT2D eigenvalue weighted by Crippen LogP contribution is -2.41. The molecule has 5 rings (SSSR count). The van der Waals surface area contributed by atoms with Crippen molar-refractivity contribution in [2.24, 2.45) is 0 Å². The van der Waals surface area contributed by atoms with Gasteiger partial charge in [-0.1, -0.05) is 17.7 Å². The average molecular weight is 446 g/mol. The third kappa shape index (κ3) is 4.41. The topological polar surface area (TPSA) is 86.3 Å². The van der Waals surface area contributed by atoms with E-state index in [1.54, 1.807) is 41.3 Å². The number of fused-ring (bicyclic) bond motifs is 2. The normalized spacial score (nSPS) is 13.8. The first-order valence-corrected chi connectivity index (χ1v) is 10.5. The highest BCUT2D eigenvalue weighted by Gasteiger charge is 2.26. The second-order valence-electron chi connectivity index (χ2n) is 7.70. The van der Waals surface area contributed by atoms with Crippen LogP contribution in [0.4, 0.5) is 11.4 Å². The van der Waals surface area contributed by atoms with E-state index < -0.39 is 0 Å². The van der Waals surface area contributed by atoms with Crippen molar-refractivity contribution in [3.8, 4) is 23.0 Å². The van der Waals surface area contributed by atoms with E-state index >= 15 is 0 Å². The molecule has 2 aliphatic rings. The minimum Gasteiger partial charge on any atom is -0.492 e. The fourth-order valence-electron chi connectivity index (χ4n) is 3.66. The molecule has 168 valence electrons. The number of hydrogen-bond donors (Lipinski definition) is 1. The molecule has 2 heterocycles. The van der Waals surface area contributed by atoms with Gasteiger partial charge in [0, 0.05) is 17.3 Å². The lowest BCUT2D eigenvalue weighted by atomic mass is 10.1. The number of nitrogens with one attached hydrogen (secondary N) is 1. The highest BCUT2D eigenvalue weighted by Crippen LogP contribution is 2.35.